The Morgan fingerprint density at radius 1 is 0.969 bits per heavy atom. The first-order valence-electron chi connectivity index (χ1n) is 9.95. The molecule has 0 aliphatic heterocycles. The molecule has 0 amide bonds. The maximum atomic E-state index is 13.7. The number of rotatable bonds is 7. The largest absolute Gasteiger partial charge is 0.457 e. The Kier molecular flexibility index (Phi) is 6.46. The minimum Gasteiger partial charge on any atom is -0.457 e. The van der Waals surface area contributed by atoms with Crippen LogP contribution in [0.4, 0.5) is 4.39 Å². The summed E-state index contributed by atoms with van der Waals surface area (Å²) in [5, 5.41) is 19.9. The van der Waals surface area contributed by atoms with E-state index in [1.54, 1.807) is 24.3 Å². The highest BCUT2D eigenvalue weighted by Crippen LogP contribution is 2.31. The van der Waals surface area contributed by atoms with Crippen molar-refractivity contribution in [1.82, 2.24) is 0 Å². The second kappa shape index (κ2) is 9.13. The maximum absolute atomic E-state index is 13.7. The molecule has 4 rings (SSSR count). The van der Waals surface area contributed by atoms with E-state index in [1.165, 1.54) is 23.5 Å². The van der Waals surface area contributed by atoms with E-state index in [-0.39, 0.29) is 23.7 Å². The van der Waals surface area contributed by atoms with Gasteiger partial charge in [-0.3, -0.25) is 4.79 Å². The van der Waals surface area contributed by atoms with Crippen molar-refractivity contribution < 1.29 is 19.3 Å². The van der Waals surface area contributed by atoms with Gasteiger partial charge in [-0.25, -0.2) is 4.39 Å². The van der Waals surface area contributed by atoms with Crippen LogP contribution in [0.3, 0.4) is 0 Å². The van der Waals surface area contributed by atoms with Crippen LogP contribution in [0.5, 0.6) is 11.5 Å². The van der Waals surface area contributed by atoms with Crippen LogP contribution in [0.2, 0.25) is 5.02 Å². The summed E-state index contributed by atoms with van der Waals surface area (Å²) >= 11 is 7.17. The van der Waals surface area contributed by atoms with Crippen LogP contribution in [-0.4, -0.2) is 29.0 Å². The summed E-state index contributed by atoms with van der Waals surface area (Å²) < 4.78 is 21.0. The molecule has 0 radical (unpaired) electrons. The van der Waals surface area contributed by atoms with Gasteiger partial charge in [0.05, 0.1) is 23.8 Å². The predicted molar refractivity (Wildman–Crippen MR) is 126 cm³/mol. The van der Waals surface area contributed by atoms with Crippen LogP contribution in [-0.2, 0) is 6.42 Å². The highest BCUT2D eigenvalue weighted by Gasteiger charge is 2.22. The molecule has 0 bridgehead atoms. The lowest BCUT2D eigenvalue weighted by molar-refractivity contribution is 0.115. The molecule has 0 aliphatic carbocycles. The van der Waals surface area contributed by atoms with Crippen molar-refractivity contribution in [2.24, 2.45) is 5.73 Å². The lowest BCUT2D eigenvalue weighted by atomic mass is 9.93. The van der Waals surface area contributed by atoms with Gasteiger partial charge in [-0.05, 0) is 60.9 Å². The fraction of sp³-hybridized carbons (Fsp3) is 0.208. The van der Waals surface area contributed by atoms with E-state index in [9.17, 15) is 19.4 Å². The van der Waals surface area contributed by atoms with Gasteiger partial charge in [0.15, 0.2) is 5.43 Å². The number of fused-ring (bicyclic) bond motifs is 2. The Bertz CT molecular complexity index is 1350. The predicted octanol–water partition coefficient (Wildman–Crippen LogP) is 4.61. The molecule has 0 spiro atoms. The minimum absolute atomic E-state index is 0.0183. The van der Waals surface area contributed by atoms with Crippen LogP contribution in [0.25, 0.3) is 20.2 Å². The average Bonchev–Trinajstić information content (AvgIpc) is 2.80. The summed E-state index contributed by atoms with van der Waals surface area (Å²) in [6, 6.07) is 15.0. The maximum Gasteiger partial charge on any atom is 0.195 e. The molecule has 1 aromatic heterocycles. The van der Waals surface area contributed by atoms with Gasteiger partial charge in [-0.1, -0.05) is 17.7 Å². The topological polar surface area (TPSA) is 92.8 Å². The Morgan fingerprint density at radius 3 is 2.41 bits per heavy atom. The van der Waals surface area contributed by atoms with E-state index in [1.807, 2.05) is 18.2 Å². The van der Waals surface area contributed by atoms with Crippen molar-refractivity contribution in [2.45, 2.75) is 18.4 Å². The average molecular weight is 474 g/mol. The number of aliphatic hydroxyl groups is 2. The summed E-state index contributed by atoms with van der Waals surface area (Å²) in [4.78, 5) is 13.1. The van der Waals surface area contributed by atoms with Crippen LogP contribution in [0, 0.1) is 5.82 Å². The van der Waals surface area contributed by atoms with Gasteiger partial charge in [-0.2, -0.15) is 0 Å². The monoisotopic (exact) mass is 473 g/mol. The molecule has 0 fully saturated rings. The molecule has 5 nitrogen and oxygen atoms in total. The first kappa shape index (κ1) is 22.6. The Morgan fingerprint density at radius 2 is 1.69 bits per heavy atom. The van der Waals surface area contributed by atoms with Crippen molar-refractivity contribution in [3.63, 3.8) is 0 Å². The van der Waals surface area contributed by atoms with Gasteiger partial charge in [0, 0.05) is 26.2 Å². The lowest BCUT2D eigenvalue weighted by Crippen LogP contribution is -2.47. The van der Waals surface area contributed by atoms with E-state index in [0.717, 1.165) is 15.0 Å². The molecule has 0 saturated heterocycles. The number of benzene rings is 3. The van der Waals surface area contributed by atoms with E-state index in [4.69, 9.17) is 22.1 Å². The molecule has 0 atom stereocenters. The SMILES string of the molecule is NC(CO)(CO)CCc1ccc2sc3cc(Oc4ccc(Cl)c(F)c4)ccc3c(=O)c2c1. The van der Waals surface area contributed by atoms with Crippen LogP contribution < -0.4 is 15.9 Å². The Labute approximate surface area is 192 Å². The number of aryl methyl sites for hydroxylation is 1. The smallest absolute Gasteiger partial charge is 0.195 e. The first-order chi connectivity index (χ1) is 15.3. The zero-order chi connectivity index (χ0) is 22.9. The molecular weight excluding hydrogens is 453 g/mol. The Hall–Kier alpha value is -2.55. The number of halogens is 2. The molecular formula is C24H21ClFNO4S. The third-order valence-corrected chi connectivity index (χ3v) is 6.81. The molecule has 8 heteroatoms. The van der Waals surface area contributed by atoms with E-state index < -0.39 is 11.4 Å². The summed E-state index contributed by atoms with van der Waals surface area (Å²) in [7, 11) is 0. The van der Waals surface area contributed by atoms with Gasteiger partial charge < -0.3 is 20.7 Å². The number of hydrogen-bond acceptors (Lipinski definition) is 6. The highest BCUT2D eigenvalue weighted by molar-refractivity contribution is 7.24. The summed E-state index contributed by atoms with van der Waals surface area (Å²) in [6.07, 6.45) is 0.919. The number of nitrogens with two attached hydrogens (primary N) is 1. The van der Waals surface area contributed by atoms with Crippen molar-refractivity contribution in [3.8, 4) is 11.5 Å². The summed E-state index contributed by atoms with van der Waals surface area (Å²) in [5.74, 6) is 0.227. The van der Waals surface area contributed by atoms with Gasteiger partial charge in [0.2, 0.25) is 0 Å². The summed E-state index contributed by atoms with van der Waals surface area (Å²) in [5.41, 5.74) is 5.71. The van der Waals surface area contributed by atoms with Crippen molar-refractivity contribution in [2.75, 3.05) is 13.2 Å². The number of aliphatic hydroxyl groups excluding tert-OH is 2. The molecule has 0 unspecified atom stereocenters. The fourth-order valence-electron chi connectivity index (χ4n) is 3.38. The van der Waals surface area contributed by atoms with Gasteiger partial charge in [-0.15, -0.1) is 11.3 Å². The van der Waals surface area contributed by atoms with Gasteiger partial charge >= 0.3 is 0 Å². The lowest BCUT2D eigenvalue weighted by Gasteiger charge is -2.24. The van der Waals surface area contributed by atoms with Crippen LogP contribution in [0.1, 0.15) is 12.0 Å². The van der Waals surface area contributed by atoms with Gasteiger partial charge in [0.1, 0.15) is 17.3 Å². The normalized spacial score (nSPS) is 11.9. The van der Waals surface area contributed by atoms with E-state index in [0.29, 0.717) is 35.1 Å². The number of ether oxygens (including phenoxy) is 1. The fourth-order valence-corrected chi connectivity index (χ4v) is 4.58. The molecule has 32 heavy (non-hydrogen) atoms. The summed E-state index contributed by atoms with van der Waals surface area (Å²) in [6.45, 7) is -0.632. The highest BCUT2D eigenvalue weighted by atomic mass is 35.5. The van der Waals surface area contributed by atoms with Crippen LogP contribution in [0.15, 0.2) is 59.4 Å². The third kappa shape index (κ3) is 4.62. The zero-order valence-corrected chi connectivity index (χ0v) is 18.5. The standard InChI is InChI=1S/C24H21ClFNO4S/c25-19-5-3-15(10-20(19)26)31-16-2-4-17-22(11-16)32-21-6-1-14(9-18(21)23(17)30)7-8-24(27,12-28)13-29/h1-6,9-11,28-29H,7-8,12-13,27H2. The molecule has 0 saturated carbocycles. The molecule has 0 aliphatic rings. The van der Waals surface area contributed by atoms with Crippen LogP contribution >= 0.6 is 22.9 Å². The van der Waals surface area contributed by atoms with Crippen molar-refractivity contribution >= 4 is 43.1 Å². The third-order valence-electron chi connectivity index (χ3n) is 5.37. The van der Waals surface area contributed by atoms with Crippen molar-refractivity contribution in [1.29, 1.82) is 0 Å². The second-order valence-electron chi connectivity index (χ2n) is 7.78. The second-order valence-corrected chi connectivity index (χ2v) is 9.27. The minimum atomic E-state index is -1.05. The molecule has 4 aromatic rings. The molecule has 3 aromatic carbocycles. The van der Waals surface area contributed by atoms with E-state index >= 15 is 0 Å². The first-order valence-corrected chi connectivity index (χ1v) is 11.1. The van der Waals surface area contributed by atoms with Crippen molar-refractivity contribution in [3.05, 3.63) is 81.2 Å². The Balaban J connectivity index is 1.65. The molecule has 166 valence electrons. The zero-order valence-electron chi connectivity index (χ0n) is 17.0. The molecule has 1 heterocycles. The quantitative estimate of drug-likeness (QED) is 0.341. The molecule has 4 N–H and O–H groups in total. The van der Waals surface area contributed by atoms with Gasteiger partial charge in [0.25, 0.3) is 0 Å². The van der Waals surface area contributed by atoms with E-state index in [2.05, 4.69) is 0 Å². The number of hydrogen-bond donors (Lipinski definition) is 3.